The zero-order valence-corrected chi connectivity index (χ0v) is 19.3. The van der Waals surface area contributed by atoms with Gasteiger partial charge in [-0.05, 0) is 68.6 Å². The molecule has 32 heavy (non-hydrogen) atoms. The second-order valence-corrected chi connectivity index (χ2v) is 8.94. The summed E-state index contributed by atoms with van der Waals surface area (Å²) in [7, 11) is 0. The molecule has 3 aliphatic heterocycles. The van der Waals surface area contributed by atoms with Crippen molar-refractivity contribution >= 4 is 51.4 Å². The quantitative estimate of drug-likeness (QED) is 0.667. The average Bonchev–Trinajstić information content (AvgIpc) is 3.21. The Hall–Kier alpha value is -2.94. The van der Waals surface area contributed by atoms with Crippen molar-refractivity contribution in [2.75, 3.05) is 31.1 Å². The Labute approximate surface area is 192 Å². The summed E-state index contributed by atoms with van der Waals surface area (Å²) in [4.78, 5) is 33.4. The fourth-order valence-corrected chi connectivity index (χ4v) is 4.90. The van der Waals surface area contributed by atoms with E-state index in [1.54, 1.807) is 6.08 Å². The first kappa shape index (κ1) is 22.3. The van der Waals surface area contributed by atoms with Crippen LogP contribution in [-0.4, -0.2) is 63.9 Å². The van der Waals surface area contributed by atoms with Crippen LogP contribution in [-0.2, 0) is 9.59 Å². The number of amidine groups is 2. The number of likely N-dealkylation sites (tertiary alicyclic amines) is 1. The number of carbonyl (C=O) groups is 2. The molecule has 0 aliphatic carbocycles. The first-order chi connectivity index (χ1) is 15.5. The zero-order valence-electron chi connectivity index (χ0n) is 18.5. The molecule has 0 atom stereocenters. The summed E-state index contributed by atoms with van der Waals surface area (Å²) < 4.78 is 0. The van der Waals surface area contributed by atoms with Crippen LogP contribution in [0, 0.1) is 5.41 Å². The second-order valence-electron chi connectivity index (χ2n) is 7.90. The number of thioether (sulfide) groups is 1. The topological polar surface area (TPSA) is 92.4 Å². The predicted octanol–water partition coefficient (Wildman–Crippen LogP) is 3.55. The standard InChI is InChI=1S/C23H28N6O2S/c1-3-27(4-2)17-10-8-16(9-11-17)14-18-21(24)29-23(25-22(18)31)32-19(26-29)15-20(30)28-12-6-5-7-13-28/h8-11,14,24H,3-7,12-13,15H2,1-2H3/b18-14-,24-21?. The lowest BCUT2D eigenvalue weighted by molar-refractivity contribution is -0.130. The van der Waals surface area contributed by atoms with E-state index in [9.17, 15) is 9.59 Å². The summed E-state index contributed by atoms with van der Waals surface area (Å²) in [5, 5.41) is 15.2. The van der Waals surface area contributed by atoms with Crippen LogP contribution in [0.15, 0.2) is 39.9 Å². The Morgan fingerprint density at radius 2 is 1.84 bits per heavy atom. The van der Waals surface area contributed by atoms with Gasteiger partial charge in [-0.25, -0.2) is 0 Å². The molecule has 9 heteroatoms. The molecule has 0 aromatic heterocycles. The van der Waals surface area contributed by atoms with Crippen molar-refractivity contribution in [3.05, 3.63) is 35.4 Å². The van der Waals surface area contributed by atoms with Gasteiger partial charge in [-0.15, -0.1) is 0 Å². The largest absolute Gasteiger partial charge is 0.372 e. The second kappa shape index (κ2) is 9.68. The van der Waals surface area contributed by atoms with Gasteiger partial charge in [-0.2, -0.15) is 15.1 Å². The molecule has 3 heterocycles. The van der Waals surface area contributed by atoms with Crippen LogP contribution in [0.1, 0.15) is 45.1 Å². The maximum Gasteiger partial charge on any atom is 0.283 e. The van der Waals surface area contributed by atoms with Gasteiger partial charge in [0, 0.05) is 31.9 Å². The molecule has 1 saturated heterocycles. The number of hydrazone groups is 1. The molecule has 1 aromatic rings. The number of amides is 2. The van der Waals surface area contributed by atoms with Gasteiger partial charge >= 0.3 is 0 Å². The highest BCUT2D eigenvalue weighted by atomic mass is 32.2. The Morgan fingerprint density at radius 1 is 1.16 bits per heavy atom. The minimum atomic E-state index is -0.458. The van der Waals surface area contributed by atoms with Crippen LogP contribution in [0.2, 0.25) is 0 Å². The number of nitrogens with zero attached hydrogens (tertiary/aromatic N) is 5. The Kier molecular flexibility index (Phi) is 6.74. The van der Waals surface area contributed by atoms with Crippen molar-refractivity contribution in [1.29, 1.82) is 5.41 Å². The molecule has 168 valence electrons. The first-order valence-electron chi connectivity index (χ1n) is 11.1. The highest BCUT2D eigenvalue weighted by Crippen LogP contribution is 2.30. The third-order valence-electron chi connectivity index (χ3n) is 5.84. The normalized spacial score (nSPS) is 19.8. The fraction of sp³-hybridized carbons (Fsp3) is 0.435. The molecule has 8 nitrogen and oxygen atoms in total. The highest BCUT2D eigenvalue weighted by molar-refractivity contribution is 8.27. The predicted molar refractivity (Wildman–Crippen MR) is 130 cm³/mol. The Bertz CT molecular complexity index is 1000. The number of hydrogen-bond donors (Lipinski definition) is 1. The van der Waals surface area contributed by atoms with Gasteiger partial charge in [0.2, 0.25) is 11.1 Å². The molecule has 1 N–H and O–H groups in total. The molecular weight excluding hydrogens is 424 g/mol. The first-order valence-corrected chi connectivity index (χ1v) is 11.9. The number of anilines is 1. The molecule has 0 unspecified atom stereocenters. The van der Waals surface area contributed by atoms with Crippen LogP contribution in [0.5, 0.6) is 0 Å². The molecule has 1 fully saturated rings. The lowest BCUT2D eigenvalue weighted by Crippen LogP contribution is -2.36. The Morgan fingerprint density at radius 3 is 2.50 bits per heavy atom. The number of carbonyl (C=O) groups excluding carboxylic acids is 2. The van der Waals surface area contributed by atoms with E-state index in [1.165, 1.54) is 16.8 Å². The van der Waals surface area contributed by atoms with Crippen molar-refractivity contribution in [1.82, 2.24) is 9.91 Å². The summed E-state index contributed by atoms with van der Waals surface area (Å²) in [6, 6.07) is 7.90. The molecule has 3 aliphatic rings. The van der Waals surface area contributed by atoms with Crippen molar-refractivity contribution in [3.63, 3.8) is 0 Å². The molecule has 0 spiro atoms. The molecule has 2 amide bonds. The van der Waals surface area contributed by atoms with Crippen LogP contribution in [0.4, 0.5) is 5.69 Å². The van der Waals surface area contributed by atoms with Gasteiger partial charge in [0.05, 0.1) is 12.0 Å². The van der Waals surface area contributed by atoms with E-state index in [0.717, 1.165) is 56.7 Å². The minimum absolute atomic E-state index is 0.0132. The fourth-order valence-electron chi connectivity index (χ4n) is 4.02. The molecule has 0 saturated carbocycles. The number of aliphatic imine (C=N–C) groups is 1. The number of rotatable bonds is 6. The number of hydrogen-bond acceptors (Lipinski definition) is 6. The van der Waals surface area contributed by atoms with E-state index in [-0.39, 0.29) is 23.7 Å². The summed E-state index contributed by atoms with van der Waals surface area (Å²) in [6.45, 7) is 7.64. The van der Waals surface area contributed by atoms with Gasteiger partial charge in [-0.3, -0.25) is 15.0 Å². The zero-order chi connectivity index (χ0) is 22.7. The number of nitrogens with one attached hydrogen (secondary N) is 1. The molecule has 0 bridgehead atoms. The molecular formula is C23H28N6O2S. The van der Waals surface area contributed by atoms with Crippen LogP contribution >= 0.6 is 11.8 Å². The van der Waals surface area contributed by atoms with Gasteiger partial charge < -0.3 is 9.80 Å². The number of benzene rings is 1. The summed E-state index contributed by atoms with van der Waals surface area (Å²) in [6.07, 6.45) is 5.08. The molecule has 1 aromatic carbocycles. The van der Waals surface area contributed by atoms with E-state index in [2.05, 4.69) is 28.8 Å². The maximum atomic E-state index is 12.6. The van der Waals surface area contributed by atoms with Crippen molar-refractivity contribution in [2.45, 2.75) is 39.5 Å². The van der Waals surface area contributed by atoms with E-state index in [0.29, 0.717) is 10.2 Å². The van der Waals surface area contributed by atoms with Gasteiger partial charge in [0.1, 0.15) is 5.04 Å². The average molecular weight is 453 g/mol. The SMILES string of the molecule is CCN(CC)c1ccc(/C=C2/C(=N)N3N=C(CC(=O)N4CCCCC4)SC3=NC2=O)cc1. The molecule has 4 rings (SSSR count). The van der Waals surface area contributed by atoms with Gasteiger partial charge in [0.25, 0.3) is 5.91 Å². The summed E-state index contributed by atoms with van der Waals surface area (Å²) in [5.41, 5.74) is 2.13. The number of fused-ring (bicyclic) bond motifs is 1. The smallest absolute Gasteiger partial charge is 0.283 e. The third kappa shape index (κ3) is 4.62. The Balaban J connectivity index is 1.49. The monoisotopic (exact) mass is 452 g/mol. The van der Waals surface area contributed by atoms with Crippen molar-refractivity contribution < 1.29 is 9.59 Å². The third-order valence-corrected chi connectivity index (χ3v) is 6.75. The van der Waals surface area contributed by atoms with Gasteiger partial charge in [-0.1, -0.05) is 12.1 Å². The number of piperidine rings is 1. The van der Waals surface area contributed by atoms with Crippen LogP contribution in [0.25, 0.3) is 6.08 Å². The summed E-state index contributed by atoms with van der Waals surface area (Å²) in [5.74, 6) is -0.431. The van der Waals surface area contributed by atoms with Crippen molar-refractivity contribution in [3.8, 4) is 0 Å². The lowest BCUT2D eigenvalue weighted by Gasteiger charge is -2.26. The molecule has 0 radical (unpaired) electrons. The van der Waals surface area contributed by atoms with E-state index in [1.807, 2.05) is 29.2 Å². The van der Waals surface area contributed by atoms with E-state index in [4.69, 9.17) is 5.41 Å². The van der Waals surface area contributed by atoms with E-state index < -0.39 is 5.91 Å². The van der Waals surface area contributed by atoms with E-state index >= 15 is 0 Å². The van der Waals surface area contributed by atoms with Crippen LogP contribution < -0.4 is 4.90 Å². The van der Waals surface area contributed by atoms with Crippen molar-refractivity contribution in [2.24, 2.45) is 10.1 Å². The minimum Gasteiger partial charge on any atom is -0.372 e. The van der Waals surface area contributed by atoms with Crippen LogP contribution in [0.3, 0.4) is 0 Å². The highest BCUT2D eigenvalue weighted by Gasteiger charge is 2.36. The maximum absolute atomic E-state index is 12.6. The summed E-state index contributed by atoms with van der Waals surface area (Å²) >= 11 is 1.20. The van der Waals surface area contributed by atoms with Gasteiger partial charge in [0.15, 0.2) is 5.84 Å². The lowest BCUT2D eigenvalue weighted by atomic mass is 10.1.